The van der Waals surface area contributed by atoms with Gasteiger partial charge in [-0.25, -0.2) is 4.79 Å². The molecule has 0 radical (unpaired) electrons. The maximum atomic E-state index is 11.2. The molecule has 0 saturated carbocycles. The van der Waals surface area contributed by atoms with Gasteiger partial charge in [0.2, 0.25) is 0 Å². The maximum absolute atomic E-state index is 11.2. The summed E-state index contributed by atoms with van der Waals surface area (Å²) in [6.45, 7) is 0.617. The first-order valence-electron chi connectivity index (χ1n) is 5.37. The van der Waals surface area contributed by atoms with Crippen LogP contribution in [-0.2, 0) is 4.74 Å². The number of rotatable bonds is 5. The van der Waals surface area contributed by atoms with Gasteiger partial charge in [-0.05, 0) is 24.9 Å². The summed E-state index contributed by atoms with van der Waals surface area (Å²) in [5, 5.41) is 2.80. The first-order valence-corrected chi connectivity index (χ1v) is 5.37. The molecule has 1 rings (SSSR count). The van der Waals surface area contributed by atoms with Crippen LogP contribution in [0.3, 0.4) is 0 Å². The predicted molar refractivity (Wildman–Crippen MR) is 63.0 cm³/mol. The maximum Gasteiger partial charge on any atom is 0.407 e. The normalized spacial score (nSPS) is 11.9. The standard InChI is InChI=1S/C12H18N2O2/c1-16-12(15)14-11(8-5-9-13)10-6-3-2-4-7-10/h2-4,6-7,11H,5,8-9,13H2,1H3,(H,14,15). The first kappa shape index (κ1) is 12.5. The Hall–Kier alpha value is -1.55. The Morgan fingerprint density at radius 2 is 2.12 bits per heavy atom. The molecule has 1 aromatic carbocycles. The van der Waals surface area contributed by atoms with E-state index in [0.29, 0.717) is 6.54 Å². The van der Waals surface area contributed by atoms with Gasteiger partial charge >= 0.3 is 6.09 Å². The molecule has 0 spiro atoms. The summed E-state index contributed by atoms with van der Waals surface area (Å²) in [6.07, 6.45) is 1.27. The van der Waals surface area contributed by atoms with E-state index in [1.807, 2.05) is 30.3 Å². The Kier molecular flexibility index (Phi) is 5.36. The average molecular weight is 222 g/mol. The summed E-state index contributed by atoms with van der Waals surface area (Å²) in [5.41, 5.74) is 6.54. The molecule has 0 heterocycles. The van der Waals surface area contributed by atoms with Gasteiger partial charge in [0.15, 0.2) is 0 Å². The minimum Gasteiger partial charge on any atom is -0.453 e. The van der Waals surface area contributed by atoms with Gasteiger partial charge in [0.25, 0.3) is 0 Å². The van der Waals surface area contributed by atoms with Gasteiger partial charge < -0.3 is 15.8 Å². The van der Waals surface area contributed by atoms with Crippen LogP contribution in [-0.4, -0.2) is 19.7 Å². The molecule has 0 fully saturated rings. The lowest BCUT2D eigenvalue weighted by molar-refractivity contribution is 0.166. The van der Waals surface area contributed by atoms with Crippen molar-refractivity contribution in [3.63, 3.8) is 0 Å². The van der Waals surface area contributed by atoms with Crippen molar-refractivity contribution in [3.05, 3.63) is 35.9 Å². The average Bonchev–Trinajstić information content (AvgIpc) is 2.35. The fraction of sp³-hybridized carbons (Fsp3) is 0.417. The molecule has 3 N–H and O–H groups in total. The van der Waals surface area contributed by atoms with Crippen LogP contribution in [0.2, 0.25) is 0 Å². The second kappa shape index (κ2) is 6.85. The molecule has 0 saturated heterocycles. The summed E-state index contributed by atoms with van der Waals surface area (Å²) in [6, 6.07) is 9.78. The van der Waals surface area contributed by atoms with E-state index in [-0.39, 0.29) is 6.04 Å². The SMILES string of the molecule is COC(=O)NC(CCCN)c1ccccc1. The molecular formula is C12H18N2O2. The third kappa shape index (κ3) is 3.90. The number of carbonyl (C=O) groups excluding carboxylic acids is 1. The number of amides is 1. The third-order valence-electron chi connectivity index (χ3n) is 2.38. The lowest BCUT2D eigenvalue weighted by Crippen LogP contribution is -2.28. The van der Waals surface area contributed by atoms with Crippen LogP contribution in [0, 0.1) is 0 Å². The summed E-state index contributed by atoms with van der Waals surface area (Å²) >= 11 is 0. The van der Waals surface area contributed by atoms with Crippen LogP contribution in [0.15, 0.2) is 30.3 Å². The Balaban J connectivity index is 2.67. The van der Waals surface area contributed by atoms with Crippen molar-refractivity contribution in [2.24, 2.45) is 5.73 Å². The van der Waals surface area contributed by atoms with E-state index in [1.54, 1.807) is 0 Å². The molecule has 16 heavy (non-hydrogen) atoms. The van der Waals surface area contributed by atoms with E-state index in [9.17, 15) is 4.79 Å². The van der Waals surface area contributed by atoms with Crippen LogP contribution in [0.5, 0.6) is 0 Å². The lowest BCUT2D eigenvalue weighted by Gasteiger charge is -2.17. The van der Waals surface area contributed by atoms with Gasteiger partial charge in [0.05, 0.1) is 13.2 Å². The summed E-state index contributed by atoms with van der Waals surface area (Å²) < 4.78 is 4.60. The molecule has 4 nitrogen and oxygen atoms in total. The second-order valence-corrected chi connectivity index (χ2v) is 3.53. The van der Waals surface area contributed by atoms with Crippen molar-refractivity contribution in [3.8, 4) is 0 Å². The molecule has 0 bridgehead atoms. The predicted octanol–water partition coefficient (Wildman–Crippen LogP) is 1.82. The van der Waals surface area contributed by atoms with E-state index in [1.165, 1.54) is 7.11 Å². The molecule has 0 aliphatic carbocycles. The van der Waals surface area contributed by atoms with Gasteiger partial charge in [0.1, 0.15) is 0 Å². The number of carbonyl (C=O) groups is 1. The third-order valence-corrected chi connectivity index (χ3v) is 2.38. The number of hydrogen-bond donors (Lipinski definition) is 2. The van der Waals surface area contributed by atoms with Crippen molar-refractivity contribution < 1.29 is 9.53 Å². The highest BCUT2D eigenvalue weighted by Gasteiger charge is 2.13. The van der Waals surface area contributed by atoms with Gasteiger partial charge in [-0.2, -0.15) is 0 Å². The van der Waals surface area contributed by atoms with E-state index in [2.05, 4.69) is 10.1 Å². The minimum absolute atomic E-state index is 0.0304. The minimum atomic E-state index is -0.411. The topological polar surface area (TPSA) is 64.3 Å². The van der Waals surface area contributed by atoms with Crippen molar-refractivity contribution in [2.75, 3.05) is 13.7 Å². The number of hydrogen-bond acceptors (Lipinski definition) is 3. The van der Waals surface area contributed by atoms with Gasteiger partial charge in [-0.3, -0.25) is 0 Å². The molecular weight excluding hydrogens is 204 g/mol. The quantitative estimate of drug-likeness (QED) is 0.798. The van der Waals surface area contributed by atoms with E-state index in [0.717, 1.165) is 18.4 Å². The summed E-state index contributed by atoms with van der Waals surface area (Å²) in [4.78, 5) is 11.2. The Bertz CT molecular complexity index is 314. The second-order valence-electron chi connectivity index (χ2n) is 3.53. The zero-order chi connectivity index (χ0) is 11.8. The highest BCUT2D eigenvalue weighted by molar-refractivity contribution is 5.67. The van der Waals surface area contributed by atoms with Crippen LogP contribution in [0.4, 0.5) is 4.79 Å². The molecule has 4 heteroatoms. The van der Waals surface area contributed by atoms with Crippen molar-refractivity contribution in [2.45, 2.75) is 18.9 Å². The van der Waals surface area contributed by atoms with Gasteiger partial charge in [-0.1, -0.05) is 30.3 Å². The number of nitrogens with one attached hydrogen (secondary N) is 1. The first-order chi connectivity index (χ1) is 7.77. The van der Waals surface area contributed by atoms with E-state index >= 15 is 0 Å². The van der Waals surface area contributed by atoms with Gasteiger partial charge in [0, 0.05) is 0 Å². The van der Waals surface area contributed by atoms with Crippen molar-refractivity contribution in [1.29, 1.82) is 0 Å². The van der Waals surface area contributed by atoms with Crippen molar-refractivity contribution in [1.82, 2.24) is 5.32 Å². The van der Waals surface area contributed by atoms with Crippen LogP contribution < -0.4 is 11.1 Å². The molecule has 1 aromatic rings. The molecule has 1 atom stereocenters. The Morgan fingerprint density at radius 3 is 2.69 bits per heavy atom. The highest BCUT2D eigenvalue weighted by atomic mass is 16.5. The van der Waals surface area contributed by atoms with E-state index in [4.69, 9.17) is 5.73 Å². The summed E-state index contributed by atoms with van der Waals surface area (Å²) in [5.74, 6) is 0. The largest absolute Gasteiger partial charge is 0.453 e. The number of nitrogens with two attached hydrogens (primary N) is 1. The monoisotopic (exact) mass is 222 g/mol. The summed E-state index contributed by atoms with van der Waals surface area (Å²) in [7, 11) is 1.36. The number of methoxy groups -OCH3 is 1. The van der Waals surface area contributed by atoms with E-state index < -0.39 is 6.09 Å². The zero-order valence-corrected chi connectivity index (χ0v) is 9.48. The molecule has 0 aliphatic rings. The number of alkyl carbamates (subject to hydrolysis) is 1. The van der Waals surface area contributed by atoms with Crippen LogP contribution in [0.25, 0.3) is 0 Å². The van der Waals surface area contributed by atoms with Gasteiger partial charge in [-0.15, -0.1) is 0 Å². The number of benzene rings is 1. The molecule has 1 unspecified atom stereocenters. The Morgan fingerprint density at radius 1 is 1.44 bits per heavy atom. The molecule has 0 aliphatic heterocycles. The zero-order valence-electron chi connectivity index (χ0n) is 9.48. The Labute approximate surface area is 95.8 Å². The molecule has 0 aromatic heterocycles. The lowest BCUT2D eigenvalue weighted by atomic mass is 10.0. The van der Waals surface area contributed by atoms with Crippen LogP contribution in [0.1, 0.15) is 24.4 Å². The van der Waals surface area contributed by atoms with Crippen LogP contribution >= 0.6 is 0 Å². The molecule has 1 amide bonds. The fourth-order valence-electron chi connectivity index (χ4n) is 1.53. The molecule has 88 valence electrons. The number of ether oxygens (including phenoxy) is 1. The highest BCUT2D eigenvalue weighted by Crippen LogP contribution is 2.17. The smallest absolute Gasteiger partial charge is 0.407 e. The van der Waals surface area contributed by atoms with Crippen molar-refractivity contribution >= 4 is 6.09 Å². The fourth-order valence-corrected chi connectivity index (χ4v) is 1.53.